The Labute approximate surface area is 147 Å². The van der Waals surface area contributed by atoms with Crippen LogP contribution in [0.4, 0.5) is 5.95 Å². The van der Waals surface area contributed by atoms with Crippen LogP contribution in [0.3, 0.4) is 0 Å². The van der Waals surface area contributed by atoms with Gasteiger partial charge in [-0.2, -0.15) is 0 Å². The van der Waals surface area contributed by atoms with E-state index in [2.05, 4.69) is 15.3 Å². The zero-order valence-electron chi connectivity index (χ0n) is 14.4. The summed E-state index contributed by atoms with van der Waals surface area (Å²) in [7, 11) is 1.61. The number of hydrogen-bond acceptors (Lipinski definition) is 7. The number of ether oxygens (including phenoxy) is 2. The third-order valence-corrected chi connectivity index (χ3v) is 4.28. The number of nitrogen functional groups attached to an aromatic ring is 1. The highest BCUT2D eigenvalue weighted by Crippen LogP contribution is 2.38. The van der Waals surface area contributed by atoms with Crippen LogP contribution >= 0.6 is 0 Å². The molecule has 25 heavy (non-hydrogen) atoms. The molecule has 1 unspecified atom stereocenters. The van der Waals surface area contributed by atoms with Gasteiger partial charge in [0.1, 0.15) is 18.1 Å². The first-order valence-corrected chi connectivity index (χ1v) is 8.48. The van der Waals surface area contributed by atoms with Gasteiger partial charge in [0.05, 0.1) is 23.6 Å². The van der Waals surface area contributed by atoms with E-state index in [4.69, 9.17) is 15.2 Å². The van der Waals surface area contributed by atoms with Crippen molar-refractivity contribution < 1.29 is 14.6 Å². The maximum Gasteiger partial charge on any atom is 0.220 e. The number of benzene rings is 1. The molecule has 134 valence electrons. The molecule has 1 aliphatic rings. The van der Waals surface area contributed by atoms with E-state index in [9.17, 15) is 5.11 Å². The Morgan fingerprint density at radius 2 is 2.20 bits per heavy atom. The van der Waals surface area contributed by atoms with Crippen molar-refractivity contribution in [1.82, 2.24) is 15.3 Å². The van der Waals surface area contributed by atoms with Crippen LogP contribution in [-0.4, -0.2) is 48.5 Å². The van der Waals surface area contributed by atoms with E-state index in [-0.39, 0.29) is 11.7 Å². The summed E-state index contributed by atoms with van der Waals surface area (Å²) in [5.41, 5.74) is 7.92. The van der Waals surface area contributed by atoms with Gasteiger partial charge >= 0.3 is 0 Å². The number of piperidine rings is 1. The minimum absolute atomic E-state index is 0.0979. The quantitative estimate of drug-likeness (QED) is 0.688. The Bertz CT molecular complexity index is 717. The molecule has 1 aliphatic heterocycles. The van der Waals surface area contributed by atoms with Crippen molar-refractivity contribution in [2.75, 3.05) is 39.1 Å². The van der Waals surface area contributed by atoms with Gasteiger partial charge in [-0.15, -0.1) is 0 Å². The average molecular weight is 344 g/mol. The lowest BCUT2D eigenvalue weighted by atomic mass is 9.95. The van der Waals surface area contributed by atoms with Crippen LogP contribution in [0.25, 0.3) is 11.3 Å². The zero-order valence-corrected chi connectivity index (χ0v) is 14.4. The number of phenolic OH excluding ortho intramolecular Hbond substituents is 1. The number of nitrogens with two attached hydrogens (primary N) is 1. The number of nitrogens with zero attached hydrogens (tertiary/aromatic N) is 2. The zero-order chi connectivity index (χ0) is 17.6. The Balaban J connectivity index is 1.96. The third kappa shape index (κ3) is 4.18. The minimum Gasteiger partial charge on any atom is -0.507 e. The molecule has 4 N–H and O–H groups in total. The second-order valence-electron chi connectivity index (χ2n) is 6.07. The highest BCUT2D eigenvalue weighted by Gasteiger charge is 2.20. The SMILES string of the molecule is COCCOc1cccc(O)c1-c1cc(C2CCCNC2)nc(N)n1. The van der Waals surface area contributed by atoms with E-state index in [0.29, 0.717) is 36.1 Å². The summed E-state index contributed by atoms with van der Waals surface area (Å²) in [6, 6.07) is 7.03. The second-order valence-corrected chi connectivity index (χ2v) is 6.07. The number of hydrogen-bond donors (Lipinski definition) is 3. The van der Waals surface area contributed by atoms with Gasteiger partial charge in [-0.1, -0.05) is 6.07 Å². The van der Waals surface area contributed by atoms with Gasteiger partial charge in [-0.05, 0) is 37.6 Å². The summed E-state index contributed by atoms with van der Waals surface area (Å²) >= 11 is 0. The van der Waals surface area contributed by atoms with Gasteiger partial charge in [-0.25, -0.2) is 9.97 Å². The molecule has 1 aromatic heterocycles. The number of aromatic nitrogens is 2. The summed E-state index contributed by atoms with van der Waals surface area (Å²) in [5.74, 6) is 1.13. The Morgan fingerprint density at radius 1 is 1.32 bits per heavy atom. The fourth-order valence-electron chi connectivity index (χ4n) is 3.06. The van der Waals surface area contributed by atoms with Crippen molar-refractivity contribution in [3.63, 3.8) is 0 Å². The molecule has 1 aromatic carbocycles. The van der Waals surface area contributed by atoms with Crippen molar-refractivity contribution in [2.45, 2.75) is 18.8 Å². The first-order chi connectivity index (χ1) is 12.2. The predicted octanol–water partition coefficient (Wildman–Crippen LogP) is 1.92. The Hall–Kier alpha value is -2.38. The van der Waals surface area contributed by atoms with Gasteiger partial charge in [0.15, 0.2) is 0 Å². The number of anilines is 1. The highest BCUT2D eigenvalue weighted by molar-refractivity contribution is 5.74. The van der Waals surface area contributed by atoms with E-state index in [1.165, 1.54) is 0 Å². The smallest absolute Gasteiger partial charge is 0.220 e. The molecule has 0 spiro atoms. The maximum absolute atomic E-state index is 10.4. The van der Waals surface area contributed by atoms with E-state index in [0.717, 1.165) is 31.6 Å². The van der Waals surface area contributed by atoms with Crippen molar-refractivity contribution in [3.8, 4) is 22.8 Å². The molecule has 2 aromatic rings. The van der Waals surface area contributed by atoms with Crippen molar-refractivity contribution in [1.29, 1.82) is 0 Å². The van der Waals surface area contributed by atoms with E-state index < -0.39 is 0 Å². The molecule has 1 saturated heterocycles. The maximum atomic E-state index is 10.4. The van der Waals surface area contributed by atoms with E-state index in [1.807, 2.05) is 6.07 Å². The molecular weight excluding hydrogens is 320 g/mol. The molecule has 0 bridgehead atoms. The van der Waals surface area contributed by atoms with Crippen molar-refractivity contribution in [3.05, 3.63) is 30.0 Å². The summed E-state index contributed by atoms with van der Waals surface area (Å²) in [5, 5.41) is 13.7. The number of nitrogens with one attached hydrogen (secondary N) is 1. The summed E-state index contributed by atoms with van der Waals surface area (Å²) in [6.45, 7) is 2.74. The van der Waals surface area contributed by atoms with Crippen LogP contribution in [0.15, 0.2) is 24.3 Å². The standard InChI is InChI=1S/C18H24N4O3/c1-24-8-9-25-16-6-2-5-15(23)17(16)14-10-13(21-18(19)22-14)12-4-3-7-20-11-12/h2,5-6,10,12,20,23H,3-4,7-9,11H2,1H3,(H2,19,21,22). The van der Waals surface area contributed by atoms with Crippen molar-refractivity contribution >= 4 is 5.95 Å². The van der Waals surface area contributed by atoms with Crippen LogP contribution in [0.2, 0.25) is 0 Å². The molecule has 0 aliphatic carbocycles. The van der Waals surface area contributed by atoms with Crippen LogP contribution in [0.1, 0.15) is 24.5 Å². The number of rotatable bonds is 6. The lowest BCUT2D eigenvalue weighted by Crippen LogP contribution is -2.29. The first kappa shape index (κ1) is 17.4. The van der Waals surface area contributed by atoms with E-state index >= 15 is 0 Å². The van der Waals surface area contributed by atoms with Crippen molar-refractivity contribution in [2.24, 2.45) is 0 Å². The molecule has 3 rings (SSSR count). The van der Waals surface area contributed by atoms with Crippen LogP contribution in [0, 0.1) is 0 Å². The largest absolute Gasteiger partial charge is 0.507 e. The molecule has 0 radical (unpaired) electrons. The molecule has 2 heterocycles. The molecule has 0 amide bonds. The number of aromatic hydroxyl groups is 1. The Morgan fingerprint density at radius 3 is 2.96 bits per heavy atom. The van der Waals surface area contributed by atoms with Gasteiger partial charge in [0.25, 0.3) is 0 Å². The predicted molar refractivity (Wildman–Crippen MR) is 95.8 cm³/mol. The normalized spacial score (nSPS) is 17.4. The van der Waals surface area contributed by atoms with Crippen LogP contribution in [-0.2, 0) is 4.74 Å². The summed E-state index contributed by atoms with van der Waals surface area (Å²) in [4.78, 5) is 8.73. The van der Waals surface area contributed by atoms with Gasteiger partial charge in [-0.3, -0.25) is 0 Å². The second kappa shape index (κ2) is 8.13. The Kier molecular flexibility index (Phi) is 5.67. The lowest BCUT2D eigenvalue weighted by molar-refractivity contribution is 0.146. The molecule has 1 atom stereocenters. The molecule has 7 nitrogen and oxygen atoms in total. The summed E-state index contributed by atoms with van der Waals surface area (Å²) in [6.07, 6.45) is 2.16. The first-order valence-electron chi connectivity index (χ1n) is 8.48. The molecule has 1 fully saturated rings. The molecule has 0 saturated carbocycles. The fourth-order valence-corrected chi connectivity index (χ4v) is 3.06. The van der Waals surface area contributed by atoms with Crippen LogP contribution in [0.5, 0.6) is 11.5 Å². The minimum atomic E-state index is 0.0979. The monoisotopic (exact) mass is 344 g/mol. The van der Waals surface area contributed by atoms with Gasteiger partial charge < -0.3 is 25.6 Å². The van der Waals surface area contributed by atoms with Gasteiger partial charge in [0, 0.05) is 19.6 Å². The number of methoxy groups -OCH3 is 1. The molecule has 7 heteroatoms. The molecular formula is C18H24N4O3. The van der Waals surface area contributed by atoms with E-state index in [1.54, 1.807) is 25.3 Å². The highest BCUT2D eigenvalue weighted by atomic mass is 16.5. The van der Waals surface area contributed by atoms with Gasteiger partial charge in [0.2, 0.25) is 5.95 Å². The van der Waals surface area contributed by atoms with Crippen LogP contribution < -0.4 is 15.8 Å². The average Bonchev–Trinajstić information content (AvgIpc) is 2.62. The number of phenols is 1. The topological polar surface area (TPSA) is 103 Å². The third-order valence-electron chi connectivity index (χ3n) is 4.28. The summed E-state index contributed by atoms with van der Waals surface area (Å²) < 4.78 is 10.8. The fraction of sp³-hybridized carbons (Fsp3) is 0.444. The lowest BCUT2D eigenvalue weighted by Gasteiger charge is -2.23.